The molecule has 29 heavy (non-hydrogen) atoms. The second-order valence-electron chi connectivity index (χ2n) is 6.22. The third-order valence-electron chi connectivity index (χ3n) is 4.31. The van der Waals surface area contributed by atoms with Crippen LogP contribution in [0.1, 0.15) is 6.92 Å². The molecular weight excluding hydrogens is 392 g/mol. The van der Waals surface area contributed by atoms with Crippen molar-refractivity contribution in [3.63, 3.8) is 0 Å². The summed E-state index contributed by atoms with van der Waals surface area (Å²) in [6, 6.07) is 15.3. The standard InChI is InChI=1S/C19H16N6O3S/c1-11(15(26)21-17(20)28)29-19-23-22-18-24(12-7-3-2-4-8-12)16(27)13-9-5-6-10-14(13)25(18)19/h2-11H,1H3,(H3,20,21,26,28)/t11-/m0/s1. The third-order valence-corrected chi connectivity index (χ3v) is 5.35. The fraction of sp³-hybridized carbons (Fsp3) is 0.105. The third kappa shape index (κ3) is 3.34. The van der Waals surface area contributed by atoms with Crippen LogP contribution in [0.2, 0.25) is 0 Å². The first-order chi connectivity index (χ1) is 14.0. The number of para-hydroxylation sites is 2. The molecule has 146 valence electrons. The molecule has 9 nitrogen and oxygen atoms in total. The lowest BCUT2D eigenvalue weighted by molar-refractivity contribution is -0.119. The van der Waals surface area contributed by atoms with Crippen molar-refractivity contribution in [2.45, 2.75) is 17.3 Å². The number of fused-ring (bicyclic) bond motifs is 3. The minimum atomic E-state index is -0.920. The predicted octanol–water partition coefficient (Wildman–Crippen LogP) is 1.71. The van der Waals surface area contributed by atoms with Crippen LogP contribution < -0.4 is 16.6 Å². The minimum Gasteiger partial charge on any atom is -0.351 e. The highest BCUT2D eigenvalue weighted by Gasteiger charge is 2.22. The van der Waals surface area contributed by atoms with Crippen molar-refractivity contribution < 1.29 is 9.59 Å². The van der Waals surface area contributed by atoms with Gasteiger partial charge in [0.25, 0.3) is 5.56 Å². The van der Waals surface area contributed by atoms with Crippen LogP contribution in [0, 0.1) is 0 Å². The van der Waals surface area contributed by atoms with E-state index in [0.717, 1.165) is 11.8 Å². The van der Waals surface area contributed by atoms with Crippen molar-refractivity contribution in [3.05, 3.63) is 65.0 Å². The Morgan fingerprint density at radius 2 is 1.76 bits per heavy atom. The summed E-state index contributed by atoms with van der Waals surface area (Å²) in [5, 5.41) is 10.7. The van der Waals surface area contributed by atoms with E-state index in [0.29, 0.717) is 27.5 Å². The van der Waals surface area contributed by atoms with Gasteiger partial charge in [-0.25, -0.2) is 9.36 Å². The first-order valence-electron chi connectivity index (χ1n) is 8.68. The number of urea groups is 1. The first-order valence-corrected chi connectivity index (χ1v) is 9.56. The van der Waals surface area contributed by atoms with Gasteiger partial charge in [-0.3, -0.25) is 19.3 Å². The fourth-order valence-electron chi connectivity index (χ4n) is 3.00. The Kier molecular flexibility index (Phi) is 4.77. The van der Waals surface area contributed by atoms with Crippen LogP contribution in [0.4, 0.5) is 4.79 Å². The summed E-state index contributed by atoms with van der Waals surface area (Å²) < 4.78 is 3.20. The van der Waals surface area contributed by atoms with Gasteiger partial charge in [0.2, 0.25) is 11.7 Å². The number of nitrogens with one attached hydrogen (secondary N) is 1. The normalized spacial score (nSPS) is 12.2. The first kappa shape index (κ1) is 18.7. The van der Waals surface area contributed by atoms with E-state index in [9.17, 15) is 14.4 Å². The van der Waals surface area contributed by atoms with E-state index >= 15 is 0 Å². The van der Waals surface area contributed by atoms with Crippen molar-refractivity contribution in [3.8, 4) is 5.69 Å². The van der Waals surface area contributed by atoms with E-state index in [1.165, 1.54) is 4.57 Å². The number of hydrogen-bond donors (Lipinski definition) is 2. The lowest BCUT2D eigenvalue weighted by Crippen LogP contribution is -2.39. The highest BCUT2D eigenvalue weighted by atomic mass is 32.2. The van der Waals surface area contributed by atoms with Gasteiger partial charge in [-0.05, 0) is 31.2 Å². The maximum Gasteiger partial charge on any atom is 0.318 e. The molecule has 0 saturated carbocycles. The molecule has 3 N–H and O–H groups in total. The number of nitrogens with zero attached hydrogens (tertiary/aromatic N) is 4. The Morgan fingerprint density at radius 3 is 2.48 bits per heavy atom. The molecule has 10 heteroatoms. The van der Waals surface area contributed by atoms with Crippen LogP contribution in [0.5, 0.6) is 0 Å². The molecule has 0 spiro atoms. The summed E-state index contributed by atoms with van der Waals surface area (Å²) in [5.41, 5.74) is 6.07. The molecular formula is C19H16N6O3S. The number of amides is 3. The topological polar surface area (TPSA) is 124 Å². The monoisotopic (exact) mass is 408 g/mol. The maximum absolute atomic E-state index is 13.2. The average Bonchev–Trinajstić information content (AvgIpc) is 3.12. The summed E-state index contributed by atoms with van der Waals surface area (Å²) in [5.74, 6) is -0.218. The largest absolute Gasteiger partial charge is 0.351 e. The molecule has 2 aromatic carbocycles. The fourth-order valence-corrected chi connectivity index (χ4v) is 3.86. The van der Waals surface area contributed by atoms with Gasteiger partial charge in [0, 0.05) is 0 Å². The van der Waals surface area contributed by atoms with E-state index in [-0.39, 0.29) is 5.56 Å². The zero-order valence-electron chi connectivity index (χ0n) is 15.3. The number of imide groups is 1. The Morgan fingerprint density at radius 1 is 1.07 bits per heavy atom. The van der Waals surface area contributed by atoms with Gasteiger partial charge >= 0.3 is 6.03 Å². The second kappa shape index (κ2) is 7.40. The number of thioether (sulfide) groups is 1. The maximum atomic E-state index is 13.2. The number of benzene rings is 2. The number of rotatable bonds is 4. The van der Waals surface area contributed by atoms with Gasteiger partial charge in [0.15, 0.2) is 5.16 Å². The number of hydrogen-bond acceptors (Lipinski definition) is 6. The molecule has 0 unspecified atom stereocenters. The van der Waals surface area contributed by atoms with Gasteiger partial charge in [-0.2, -0.15) is 0 Å². The van der Waals surface area contributed by atoms with Crippen LogP contribution in [0.3, 0.4) is 0 Å². The molecule has 0 fully saturated rings. The molecule has 3 amide bonds. The van der Waals surface area contributed by atoms with E-state index < -0.39 is 17.2 Å². The molecule has 2 aromatic heterocycles. The SMILES string of the molecule is C[C@H](Sc1nnc2n(-c3ccccc3)c(=O)c3ccccc3n12)C(=O)NC(N)=O. The zero-order chi connectivity index (χ0) is 20.5. The molecule has 0 aliphatic carbocycles. The van der Waals surface area contributed by atoms with Gasteiger partial charge in [-0.1, -0.05) is 42.1 Å². The van der Waals surface area contributed by atoms with Crippen molar-refractivity contribution >= 4 is 40.4 Å². The van der Waals surface area contributed by atoms with Crippen LogP contribution in [0.15, 0.2) is 64.5 Å². The second-order valence-corrected chi connectivity index (χ2v) is 7.53. The van der Waals surface area contributed by atoms with Crippen molar-refractivity contribution in [1.29, 1.82) is 0 Å². The molecule has 0 aliphatic heterocycles. The van der Waals surface area contributed by atoms with E-state index in [1.54, 1.807) is 41.7 Å². The Hall–Kier alpha value is -3.66. The lowest BCUT2D eigenvalue weighted by atomic mass is 10.2. The van der Waals surface area contributed by atoms with Crippen molar-refractivity contribution in [2.75, 3.05) is 0 Å². The summed E-state index contributed by atoms with van der Waals surface area (Å²) in [6.45, 7) is 1.62. The molecule has 0 radical (unpaired) electrons. The predicted molar refractivity (Wildman–Crippen MR) is 109 cm³/mol. The van der Waals surface area contributed by atoms with Crippen molar-refractivity contribution in [2.24, 2.45) is 5.73 Å². The zero-order valence-corrected chi connectivity index (χ0v) is 16.1. The molecule has 0 aliphatic rings. The van der Waals surface area contributed by atoms with Crippen LogP contribution >= 0.6 is 11.8 Å². The Labute approximate surface area is 168 Å². The average molecular weight is 408 g/mol. The number of primary amides is 1. The van der Waals surface area contributed by atoms with Crippen LogP contribution in [-0.2, 0) is 4.79 Å². The lowest BCUT2D eigenvalue weighted by Gasteiger charge is -2.12. The summed E-state index contributed by atoms with van der Waals surface area (Å²) in [7, 11) is 0. The van der Waals surface area contributed by atoms with E-state index in [1.807, 2.05) is 24.3 Å². The highest BCUT2D eigenvalue weighted by molar-refractivity contribution is 8.00. The quantitative estimate of drug-likeness (QED) is 0.495. The Balaban J connectivity index is 1.93. The molecule has 4 aromatic rings. The van der Waals surface area contributed by atoms with Crippen LogP contribution in [0.25, 0.3) is 22.4 Å². The van der Waals surface area contributed by atoms with Crippen molar-refractivity contribution in [1.82, 2.24) is 24.5 Å². The number of carbonyl (C=O) groups excluding carboxylic acids is 2. The van der Waals surface area contributed by atoms with Crippen LogP contribution in [-0.4, -0.2) is 36.4 Å². The smallest absolute Gasteiger partial charge is 0.318 e. The van der Waals surface area contributed by atoms with Gasteiger partial charge < -0.3 is 5.73 Å². The number of nitrogens with two attached hydrogens (primary N) is 1. The van der Waals surface area contributed by atoms with Gasteiger partial charge in [0.1, 0.15) is 0 Å². The summed E-state index contributed by atoms with van der Waals surface area (Å²) >= 11 is 1.11. The van der Waals surface area contributed by atoms with E-state index in [4.69, 9.17) is 5.73 Å². The Bertz CT molecular complexity index is 1300. The molecule has 0 bridgehead atoms. The van der Waals surface area contributed by atoms with E-state index in [2.05, 4.69) is 15.5 Å². The molecule has 2 heterocycles. The number of aromatic nitrogens is 4. The van der Waals surface area contributed by atoms with Gasteiger partial charge in [-0.15, -0.1) is 10.2 Å². The molecule has 0 saturated heterocycles. The van der Waals surface area contributed by atoms with Gasteiger partial charge in [0.05, 0.1) is 21.8 Å². The number of carbonyl (C=O) groups is 2. The summed E-state index contributed by atoms with van der Waals surface area (Å²) in [6.07, 6.45) is 0. The molecule has 1 atom stereocenters. The molecule has 4 rings (SSSR count). The minimum absolute atomic E-state index is 0.220. The highest BCUT2D eigenvalue weighted by Crippen LogP contribution is 2.26. The summed E-state index contributed by atoms with van der Waals surface area (Å²) in [4.78, 5) is 36.2.